The largest absolute Gasteiger partial charge is 0.492 e. The van der Waals surface area contributed by atoms with Gasteiger partial charge in [0.1, 0.15) is 12.4 Å². The van der Waals surface area contributed by atoms with Crippen molar-refractivity contribution in [2.75, 3.05) is 13.7 Å². The highest BCUT2D eigenvalue weighted by Crippen LogP contribution is 2.13. The zero-order valence-electron chi connectivity index (χ0n) is 11.9. The standard InChI is InChI=1S/C14H17N3O4/c1-10-4-3-5-11(8-10)21-7-6-17-12(9-20-2)13(14(18)19)15-16-17/h3-5,8H,6-7,9H2,1-2H3,(H,18,19). The van der Waals surface area contributed by atoms with Crippen molar-refractivity contribution in [3.05, 3.63) is 41.2 Å². The molecule has 112 valence electrons. The molecule has 1 heterocycles. The molecule has 7 nitrogen and oxygen atoms in total. The van der Waals surface area contributed by atoms with Crippen LogP contribution in [0.4, 0.5) is 0 Å². The summed E-state index contributed by atoms with van der Waals surface area (Å²) in [6.45, 7) is 2.88. The van der Waals surface area contributed by atoms with Crippen LogP contribution in [0.1, 0.15) is 21.7 Å². The van der Waals surface area contributed by atoms with E-state index in [1.165, 1.54) is 11.8 Å². The molecule has 0 aliphatic carbocycles. The molecule has 2 rings (SSSR count). The minimum atomic E-state index is -1.12. The molecule has 0 saturated heterocycles. The molecule has 1 N–H and O–H groups in total. The molecular formula is C14H17N3O4. The highest BCUT2D eigenvalue weighted by atomic mass is 16.5. The number of rotatable bonds is 7. The third kappa shape index (κ3) is 3.79. The smallest absolute Gasteiger partial charge is 0.358 e. The van der Waals surface area contributed by atoms with Crippen LogP contribution in [0.3, 0.4) is 0 Å². The van der Waals surface area contributed by atoms with Gasteiger partial charge < -0.3 is 14.6 Å². The lowest BCUT2D eigenvalue weighted by molar-refractivity contribution is 0.0684. The number of aryl methyl sites for hydroxylation is 1. The van der Waals surface area contributed by atoms with Crippen LogP contribution in [0.2, 0.25) is 0 Å². The van der Waals surface area contributed by atoms with Crippen molar-refractivity contribution < 1.29 is 19.4 Å². The third-order valence-corrected chi connectivity index (χ3v) is 2.88. The predicted octanol–water partition coefficient (Wildman–Crippen LogP) is 1.51. The van der Waals surface area contributed by atoms with Crippen LogP contribution in [0.25, 0.3) is 0 Å². The van der Waals surface area contributed by atoms with Crippen LogP contribution in [0.5, 0.6) is 5.75 Å². The Morgan fingerprint density at radius 1 is 1.43 bits per heavy atom. The first-order valence-electron chi connectivity index (χ1n) is 6.46. The third-order valence-electron chi connectivity index (χ3n) is 2.88. The first kappa shape index (κ1) is 15.0. The van der Waals surface area contributed by atoms with Gasteiger partial charge in [0.05, 0.1) is 18.8 Å². The molecule has 0 spiro atoms. The van der Waals surface area contributed by atoms with Gasteiger partial charge in [-0.15, -0.1) is 5.10 Å². The fraction of sp³-hybridized carbons (Fsp3) is 0.357. The van der Waals surface area contributed by atoms with Crippen LogP contribution in [0, 0.1) is 6.92 Å². The maximum Gasteiger partial charge on any atom is 0.358 e. The average molecular weight is 291 g/mol. The quantitative estimate of drug-likeness (QED) is 0.832. The van der Waals surface area contributed by atoms with Crippen molar-refractivity contribution in [3.63, 3.8) is 0 Å². The van der Waals surface area contributed by atoms with Crippen LogP contribution in [0.15, 0.2) is 24.3 Å². The number of aromatic nitrogens is 3. The molecule has 2 aromatic rings. The van der Waals surface area contributed by atoms with Crippen LogP contribution in [-0.2, 0) is 17.9 Å². The lowest BCUT2D eigenvalue weighted by Gasteiger charge is -2.09. The summed E-state index contributed by atoms with van der Waals surface area (Å²) < 4.78 is 12.1. The van der Waals surface area contributed by atoms with E-state index in [-0.39, 0.29) is 12.3 Å². The summed E-state index contributed by atoms with van der Waals surface area (Å²) in [4.78, 5) is 11.0. The first-order valence-corrected chi connectivity index (χ1v) is 6.46. The van der Waals surface area contributed by atoms with Gasteiger partial charge in [-0.25, -0.2) is 9.48 Å². The molecule has 0 aliphatic rings. The summed E-state index contributed by atoms with van der Waals surface area (Å²) in [6.07, 6.45) is 0. The number of hydrogen-bond acceptors (Lipinski definition) is 5. The Morgan fingerprint density at radius 3 is 2.90 bits per heavy atom. The van der Waals surface area contributed by atoms with Gasteiger partial charge in [-0.1, -0.05) is 17.3 Å². The van der Waals surface area contributed by atoms with Crippen molar-refractivity contribution in [3.8, 4) is 5.75 Å². The number of aromatic carboxylic acids is 1. The number of methoxy groups -OCH3 is 1. The van der Waals surface area contributed by atoms with Gasteiger partial charge in [0.25, 0.3) is 0 Å². The summed E-state index contributed by atoms with van der Waals surface area (Å²) in [6, 6.07) is 7.70. The second kappa shape index (κ2) is 6.85. The summed E-state index contributed by atoms with van der Waals surface area (Å²) in [5, 5.41) is 16.5. The molecule has 0 amide bonds. The zero-order valence-corrected chi connectivity index (χ0v) is 11.9. The number of carbonyl (C=O) groups is 1. The Balaban J connectivity index is 2.01. The first-order chi connectivity index (χ1) is 10.1. The second-order valence-corrected chi connectivity index (χ2v) is 4.51. The summed E-state index contributed by atoms with van der Waals surface area (Å²) >= 11 is 0. The molecule has 0 unspecified atom stereocenters. The van der Waals surface area contributed by atoms with E-state index in [4.69, 9.17) is 14.6 Å². The van der Waals surface area contributed by atoms with Gasteiger partial charge in [-0.2, -0.15) is 0 Å². The van der Waals surface area contributed by atoms with E-state index in [0.29, 0.717) is 18.8 Å². The van der Waals surface area contributed by atoms with E-state index >= 15 is 0 Å². The molecule has 1 aromatic carbocycles. The Labute approximate surface area is 122 Å². The number of carboxylic acid groups (broad SMARTS) is 1. The highest BCUT2D eigenvalue weighted by Gasteiger charge is 2.18. The maximum absolute atomic E-state index is 11.0. The normalized spacial score (nSPS) is 10.6. The van der Waals surface area contributed by atoms with Crippen LogP contribution >= 0.6 is 0 Å². The van der Waals surface area contributed by atoms with Gasteiger partial charge in [-0.05, 0) is 24.6 Å². The number of ether oxygens (including phenoxy) is 2. The molecule has 1 aromatic heterocycles. The molecule has 0 radical (unpaired) electrons. The number of benzene rings is 1. The van der Waals surface area contributed by atoms with E-state index in [1.54, 1.807) is 0 Å². The van der Waals surface area contributed by atoms with E-state index in [1.807, 2.05) is 31.2 Å². The lowest BCUT2D eigenvalue weighted by Crippen LogP contribution is -2.14. The summed E-state index contributed by atoms with van der Waals surface area (Å²) in [5.74, 6) is -0.352. The van der Waals surface area contributed by atoms with Crippen LogP contribution in [-0.4, -0.2) is 39.8 Å². The minimum absolute atomic E-state index is 0.0904. The lowest BCUT2D eigenvalue weighted by atomic mass is 10.2. The predicted molar refractivity (Wildman–Crippen MR) is 74.4 cm³/mol. The highest BCUT2D eigenvalue weighted by molar-refractivity contribution is 5.86. The van der Waals surface area contributed by atoms with E-state index in [0.717, 1.165) is 11.3 Å². The molecule has 0 aliphatic heterocycles. The topological polar surface area (TPSA) is 86.5 Å². The van der Waals surface area contributed by atoms with Gasteiger partial charge in [0, 0.05) is 7.11 Å². The molecule has 21 heavy (non-hydrogen) atoms. The Hall–Kier alpha value is -2.41. The average Bonchev–Trinajstić information content (AvgIpc) is 2.83. The Morgan fingerprint density at radius 2 is 2.24 bits per heavy atom. The minimum Gasteiger partial charge on any atom is -0.492 e. The van der Waals surface area contributed by atoms with Gasteiger partial charge >= 0.3 is 5.97 Å². The van der Waals surface area contributed by atoms with Gasteiger partial charge in [-0.3, -0.25) is 0 Å². The Bertz CT molecular complexity index is 624. The fourth-order valence-corrected chi connectivity index (χ4v) is 1.91. The number of carboxylic acids is 1. The Kier molecular flexibility index (Phi) is 4.89. The maximum atomic E-state index is 11.0. The molecular weight excluding hydrogens is 274 g/mol. The van der Waals surface area contributed by atoms with E-state index in [9.17, 15) is 4.79 Å². The summed E-state index contributed by atoms with van der Waals surface area (Å²) in [7, 11) is 1.49. The second-order valence-electron chi connectivity index (χ2n) is 4.51. The van der Waals surface area contributed by atoms with Crippen molar-refractivity contribution in [1.82, 2.24) is 15.0 Å². The number of nitrogens with zero attached hydrogens (tertiary/aromatic N) is 3. The molecule has 0 atom stereocenters. The molecule has 0 fully saturated rings. The molecule has 0 saturated carbocycles. The SMILES string of the molecule is COCc1c(C(=O)O)nnn1CCOc1cccc(C)c1. The fourth-order valence-electron chi connectivity index (χ4n) is 1.91. The molecule has 7 heteroatoms. The van der Waals surface area contributed by atoms with E-state index in [2.05, 4.69) is 10.3 Å². The van der Waals surface area contributed by atoms with Crippen molar-refractivity contribution in [2.24, 2.45) is 0 Å². The van der Waals surface area contributed by atoms with Crippen LogP contribution < -0.4 is 4.74 Å². The monoisotopic (exact) mass is 291 g/mol. The summed E-state index contributed by atoms with van der Waals surface area (Å²) in [5.41, 5.74) is 1.45. The van der Waals surface area contributed by atoms with Crippen molar-refractivity contribution in [2.45, 2.75) is 20.1 Å². The van der Waals surface area contributed by atoms with Gasteiger partial charge in [0.2, 0.25) is 0 Å². The number of hydrogen-bond donors (Lipinski definition) is 1. The van der Waals surface area contributed by atoms with Crippen molar-refractivity contribution in [1.29, 1.82) is 0 Å². The molecule has 0 bridgehead atoms. The zero-order chi connectivity index (χ0) is 15.2. The van der Waals surface area contributed by atoms with Crippen molar-refractivity contribution >= 4 is 5.97 Å². The van der Waals surface area contributed by atoms with Gasteiger partial charge in [0.15, 0.2) is 5.69 Å². The van der Waals surface area contributed by atoms with E-state index < -0.39 is 5.97 Å².